The standard InChI is InChI=1S/C17H19NO3S/c1-13-8-4-7-11-16(13)21-12-14-9-5-6-10-15(14)18(22-3)17(19)20-2/h4-11H,12H2,1-3H3. The van der Waals surface area contributed by atoms with E-state index in [-0.39, 0.29) is 0 Å². The fourth-order valence-electron chi connectivity index (χ4n) is 2.06. The second-order valence-electron chi connectivity index (χ2n) is 4.63. The first-order valence-electron chi connectivity index (χ1n) is 6.86. The minimum Gasteiger partial charge on any atom is -0.489 e. The molecular weight excluding hydrogens is 298 g/mol. The number of anilines is 1. The van der Waals surface area contributed by atoms with Crippen molar-refractivity contribution in [2.24, 2.45) is 0 Å². The Morgan fingerprint density at radius 2 is 1.82 bits per heavy atom. The monoisotopic (exact) mass is 317 g/mol. The van der Waals surface area contributed by atoms with E-state index in [0.717, 1.165) is 22.6 Å². The van der Waals surface area contributed by atoms with Crippen molar-refractivity contribution in [1.82, 2.24) is 0 Å². The molecule has 0 saturated carbocycles. The molecule has 0 aliphatic rings. The quantitative estimate of drug-likeness (QED) is 0.765. The Morgan fingerprint density at radius 3 is 2.50 bits per heavy atom. The summed E-state index contributed by atoms with van der Waals surface area (Å²) in [4.78, 5) is 11.9. The molecule has 0 bridgehead atoms. The fraction of sp³-hybridized carbons (Fsp3) is 0.235. The molecule has 2 aromatic carbocycles. The largest absolute Gasteiger partial charge is 0.489 e. The number of hydrogen-bond acceptors (Lipinski definition) is 4. The first-order chi connectivity index (χ1) is 10.7. The second kappa shape index (κ2) is 7.75. The highest BCUT2D eigenvalue weighted by atomic mass is 32.2. The summed E-state index contributed by atoms with van der Waals surface area (Å²) in [5.41, 5.74) is 2.77. The summed E-state index contributed by atoms with van der Waals surface area (Å²) in [5, 5.41) is 0. The van der Waals surface area contributed by atoms with Crippen LogP contribution in [0.5, 0.6) is 5.75 Å². The van der Waals surface area contributed by atoms with Gasteiger partial charge in [0.1, 0.15) is 12.4 Å². The summed E-state index contributed by atoms with van der Waals surface area (Å²) in [6, 6.07) is 15.5. The fourth-order valence-corrected chi connectivity index (χ4v) is 2.66. The van der Waals surface area contributed by atoms with Crippen molar-refractivity contribution in [1.29, 1.82) is 0 Å². The molecule has 2 aromatic rings. The predicted molar refractivity (Wildman–Crippen MR) is 90.4 cm³/mol. The van der Waals surface area contributed by atoms with Crippen LogP contribution in [0.4, 0.5) is 10.5 Å². The third-order valence-electron chi connectivity index (χ3n) is 3.21. The van der Waals surface area contributed by atoms with Gasteiger partial charge in [-0.3, -0.25) is 0 Å². The molecule has 0 N–H and O–H groups in total. The van der Waals surface area contributed by atoms with Crippen LogP contribution in [-0.2, 0) is 11.3 Å². The van der Waals surface area contributed by atoms with Crippen molar-refractivity contribution >= 4 is 23.7 Å². The second-order valence-corrected chi connectivity index (χ2v) is 5.36. The number of rotatable bonds is 5. The van der Waals surface area contributed by atoms with E-state index in [9.17, 15) is 4.79 Å². The molecule has 2 rings (SSSR count). The van der Waals surface area contributed by atoms with Crippen LogP contribution in [0.1, 0.15) is 11.1 Å². The highest BCUT2D eigenvalue weighted by molar-refractivity contribution is 8.00. The lowest BCUT2D eigenvalue weighted by Gasteiger charge is -2.21. The van der Waals surface area contributed by atoms with E-state index >= 15 is 0 Å². The van der Waals surface area contributed by atoms with Crippen LogP contribution in [0.25, 0.3) is 0 Å². The summed E-state index contributed by atoms with van der Waals surface area (Å²) >= 11 is 1.30. The Morgan fingerprint density at radius 1 is 1.14 bits per heavy atom. The number of hydrogen-bond donors (Lipinski definition) is 0. The highest BCUT2D eigenvalue weighted by Gasteiger charge is 2.18. The number of ether oxygens (including phenoxy) is 2. The Balaban J connectivity index is 2.21. The number of para-hydroxylation sites is 2. The Bertz CT molecular complexity index is 645. The molecule has 0 fully saturated rings. The van der Waals surface area contributed by atoms with Gasteiger partial charge in [0.25, 0.3) is 0 Å². The van der Waals surface area contributed by atoms with Crippen molar-refractivity contribution < 1.29 is 14.3 Å². The van der Waals surface area contributed by atoms with Crippen LogP contribution >= 0.6 is 11.9 Å². The first-order valence-corrected chi connectivity index (χ1v) is 8.04. The van der Waals surface area contributed by atoms with Crippen molar-refractivity contribution in [2.45, 2.75) is 13.5 Å². The first kappa shape index (κ1) is 16.2. The van der Waals surface area contributed by atoms with E-state index in [2.05, 4.69) is 0 Å². The van der Waals surface area contributed by atoms with Gasteiger partial charge in [0.15, 0.2) is 0 Å². The van der Waals surface area contributed by atoms with Crippen LogP contribution in [-0.4, -0.2) is 19.5 Å². The smallest absolute Gasteiger partial charge is 0.424 e. The van der Waals surface area contributed by atoms with Crippen molar-refractivity contribution in [2.75, 3.05) is 17.7 Å². The lowest BCUT2D eigenvalue weighted by Crippen LogP contribution is -2.24. The number of amides is 1. The highest BCUT2D eigenvalue weighted by Crippen LogP contribution is 2.28. The third kappa shape index (κ3) is 3.74. The molecule has 0 unspecified atom stereocenters. The summed E-state index contributed by atoms with van der Waals surface area (Å²) in [6.07, 6.45) is 1.42. The van der Waals surface area contributed by atoms with Crippen LogP contribution in [0.2, 0.25) is 0 Å². The molecule has 0 heterocycles. The third-order valence-corrected chi connectivity index (χ3v) is 3.92. The number of benzene rings is 2. The molecule has 0 aliphatic carbocycles. The van der Waals surface area contributed by atoms with Gasteiger partial charge in [0.2, 0.25) is 0 Å². The zero-order chi connectivity index (χ0) is 15.9. The number of carbonyl (C=O) groups is 1. The predicted octanol–water partition coefficient (Wildman–Crippen LogP) is 4.42. The molecule has 5 heteroatoms. The molecule has 116 valence electrons. The van der Waals surface area contributed by atoms with Crippen molar-refractivity contribution in [3.05, 3.63) is 59.7 Å². The van der Waals surface area contributed by atoms with E-state index in [4.69, 9.17) is 9.47 Å². The van der Waals surface area contributed by atoms with Crippen LogP contribution in [0.3, 0.4) is 0 Å². The zero-order valence-electron chi connectivity index (χ0n) is 12.9. The van der Waals surface area contributed by atoms with Gasteiger partial charge in [0, 0.05) is 11.8 Å². The molecule has 0 atom stereocenters. The maximum absolute atomic E-state index is 11.9. The van der Waals surface area contributed by atoms with E-state index in [1.165, 1.54) is 23.4 Å². The number of aryl methyl sites for hydroxylation is 1. The molecule has 22 heavy (non-hydrogen) atoms. The molecule has 4 nitrogen and oxygen atoms in total. The minimum absolute atomic E-state index is 0.384. The molecule has 1 amide bonds. The van der Waals surface area contributed by atoms with Crippen LogP contribution < -0.4 is 9.04 Å². The molecule has 0 saturated heterocycles. The number of nitrogens with zero attached hydrogens (tertiary/aromatic N) is 1. The van der Waals surface area contributed by atoms with E-state index in [0.29, 0.717) is 6.61 Å². The SMILES string of the molecule is COC(=O)N(SC)c1ccccc1COc1ccccc1C. The van der Waals surface area contributed by atoms with E-state index < -0.39 is 6.09 Å². The Hall–Kier alpha value is -2.14. The van der Waals surface area contributed by atoms with Gasteiger partial charge >= 0.3 is 6.09 Å². The Labute approximate surface area is 135 Å². The van der Waals surface area contributed by atoms with Gasteiger partial charge < -0.3 is 9.47 Å². The summed E-state index contributed by atoms with van der Waals surface area (Å²) < 4.78 is 12.2. The van der Waals surface area contributed by atoms with Gasteiger partial charge in [-0.2, -0.15) is 0 Å². The van der Waals surface area contributed by atoms with E-state index in [1.54, 1.807) is 0 Å². The van der Waals surface area contributed by atoms with Crippen LogP contribution in [0, 0.1) is 6.92 Å². The average molecular weight is 317 g/mol. The molecule has 0 aromatic heterocycles. The Kier molecular flexibility index (Phi) is 5.72. The lowest BCUT2D eigenvalue weighted by molar-refractivity contribution is 0.183. The number of methoxy groups -OCH3 is 1. The number of carbonyl (C=O) groups excluding carboxylic acids is 1. The normalized spacial score (nSPS) is 10.1. The lowest BCUT2D eigenvalue weighted by atomic mass is 10.2. The molecular formula is C17H19NO3S. The van der Waals surface area contributed by atoms with Gasteiger partial charge in [-0.15, -0.1) is 0 Å². The van der Waals surface area contributed by atoms with E-state index in [1.807, 2.05) is 61.7 Å². The van der Waals surface area contributed by atoms with Gasteiger partial charge in [-0.25, -0.2) is 9.10 Å². The maximum atomic E-state index is 11.9. The molecule has 0 spiro atoms. The van der Waals surface area contributed by atoms with Crippen molar-refractivity contribution in [3.63, 3.8) is 0 Å². The molecule has 0 aliphatic heterocycles. The zero-order valence-corrected chi connectivity index (χ0v) is 13.7. The summed E-state index contributed by atoms with van der Waals surface area (Å²) in [5.74, 6) is 0.839. The summed E-state index contributed by atoms with van der Waals surface area (Å²) in [7, 11) is 1.37. The average Bonchev–Trinajstić information content (AvgIpc) is 2.55. The van der Waals surface area contributed by atoms with Crippen molar-refractivity contribution in [3.8, 4) is 5.75 Å². The molecule has 0 radical (unpaired) electrons. The van der Waals surface area contributed by atoms with Crippen LogP contribution in [0.15, 0.2) is 48.5 Å². The summed E-state index contributed by atoms with van der Waals surface area (Å²) in [6.45, 7) is 2.39. The van der Waals surface area contributed by atoms with Gasteiger partial charge in [-0.1, -0.05) is 36.4 Å². The maximum Gasteiger partial charge on any atom is 0.424 e. The minimum atomic E-state index is -0.407. The van der Waals surface area contributed by atoms with Gasteiger partial charge in [-0.05, 0) is 36.6 Å². The topological polar surface area (TPSA) is 38.8 Å². The van der Waals surface area contributed by atoms with Gasteiger partial charge in [0.05, 0.1) is 12.8 Å².